The fourth-order valence-corrected chi connectivity index (χ4v) is 2.00. The van der Waals surface area contributed by atoms with Crippen LogP contribution >= 0.6 is 0 Å². The second-order valence-electron chi connectivity index (χ2n) is 4.65. The first kappa shape index (κ1) is 16.2. The Labute approximate surface area is 133 Å². The van der Waals surface area contributed by atoms with Crippen LogP contribution in [0.3, 0.4) is 0 Å². The first-order valence-electron chi connectivity index (χ1n) is 6.88. The van der Waals surface area contributed by atoms with Crippen molar-refractivity contribution in [2.45, 2.75) is 0 Å². The van der Waals surface area contributed by atoms with E-state index in [0.29, 0.717) is 11.1 Å². The molecule has 0 spiro atoms. The van der Waals surface area contributed by atoms with Gasteiger partial charge in [-0.2, -0.15) is 0 Å². The highest BCUT2D eigenvalue weighted by Gasteiger charge is 2.11. The van der Waals surface area contributed by atoms with Gasteiger partial charge >= 0.3 is 5.97 Å². The van der Waals surface area contributed by atoms with Crippen molar-refractivity contribution in [3.63, 3.8) is 0 Å². The molecule has 0 aliphatic heterocycles. The number of nitro groups is 1. The number of nitro benzene ring substituents is 1. The highest BCUT2D eigenvalue weighted by atomic mass is 16.6. The van der Waals surface area contributed by atoms with E-state index in [4.69, 9.17) is 4.74 Å². The number of benzene rings is 2. The standard InChI is InChI=1S/C18H15NO4/c1-23-18(20)16(13-14-7-3-2-4-8-14)12-11-15-9-5-6-10-17(15)19(21)22/h2-13H,1H3/b12-11+,16-13+. The van der Waals surface area contributed by atoms with E-state index in [2.05, 4.69) is 0 Å². The van der Waals surface area contributed by atoms with Crippen LogP contribution in [0.5, 0.6) is 0 Å². The van der Waals surface area contributed by atoms with Crippen LogP contribution in [0.25, 0.3) is 12.2 Å². The van der Waals surface area contributed by atoms with Gasteiger partial charge in [0.15, 0.2) is 0 Å². The predicted octanol–water partition coefficient (Wildman–Crippen LogP) is 3.86. The lowest BCUT2D eigenvalue weighted by molar-refractivity contribution is -0.385. The number of esters is 1. The molecule has 0 unspecified atom stereocenters. The van der Waals surface area contributed by atoms with E-state index in [1.165, 1.54) is 25.3 Å². The minimum atomic E-state index is -0.510. The van der Waals surface area contributed by atoms with Gasteiger partial charge in [-0.25, -0.2) is 4.79 Å². The Balaban J connectivity index is 2.38. The van der Waals surface area contributed by atoms with Gasteiger partial charge in [-0.05, 0) is 29.9 Å². The third-order valence-electron chi connectivity index (χ3n) is 3.12. The fraction of sp³-hybridized carbons (Fsp3) is 0.0556. The lowest BCUT2D eigenvalue weighted by Crippen LogP contribution is -2.02. The highest BCUT2D eigenvalue weighted by Crippen LogP contribution is 2.20. The summed E-state index contributed by atoms with van der Waals surface area (Å²) in [5, 5.41) is 11.0. The van der Waals surface area contributed by atoms with E-state index in [-0.39, 0.29) is 5.69 Å². The van der Waals surface area contributed by atoms with E-state index in [1.54, 1.807) is 24.3 Å². The van der Waals surface area contributed by atoms with Crippen molar-refractivity contribution >= 4 is 23.8 Å². The molecule has 0 aliphatic rings. The summed E-state index contributed by atoms with van der Waals surface area (Å²) in [5.41, 5.74) is 1.53. The number of ether oxygens (including phenoxy) is 1. The number of carbonyl (C=O) groups excluding carboxylic acids is 1. The Bertz CT molecular complexity index is 764. The summed E-state index contributed by atoms with van der Waals surface area (Å²) in [6, 6.07) is 15.6. The van der Waals surface area contributed by atoms with Gasteiger partial charge in [-0.3, -0.25) is 10.1 Å². The molecule has 2 rings (SSSR count). The molecule has 23 heavy (non-hydrogen) atoms. The monoisotopic (exact) mass is 309 g/mol. The van der Waals surface area contributed by atoms with Crippen molar-refractivity contribution in [2.75, 3.05) is 7.11 Å². The molecule has 0 aliphatic carbocycles. The van der Waals surface area contributed by atoms with Gasteiger partial charge in [0.25, 0.3) is 5.69 Å². The summed E-state index contributed by atoms with van der Waals surface area (Å²) in [7, 11) is 1.29. The van der Waals surface area contributed by atoms with E-state index in [9.17, 15) is 14.9 Å². The first-order valence-corrected chi connectivity index (χ1v) is 6.88. The van der Waals surface area contributed by atoms with Gasteiger partial charge in [0.05, 0.1) is 23.2 Å². The zero-order valence-corrected chi connectivity index (χ0v) is 12.5. The van der Waals surface area contributed by atoms with Crippen LogP contribution in [0, 0.1) is 10.1 Å². The van der Waals surface area contributed by atoms with Gasteiger partial charge in [0.1, 0.15) is 0 Å². The molecule has 5 nitrogen and oxygen atoms in total. The Kier molecular flexibility index (Phi) is 5.41. The molecule has 116 valence electrons. The molecule has 2 aromatic carbocycles. The molecular weight excluding hydrogens is 294 g/mol. The van der Waals surface area contributed by atoms with Crippen LogP contribution in [0.15, 0.2) is 66.2 Å². The normalized spacial score (nSPS) is 11.4. The zero-order valence-electron chi connectivity index (χ0n) is 12.5. The van der Waals surface area contributed by atoms with Crippen LogP contribution < -0.4 is 0 Å². The number of nitrogens with zero attached hydrogens (tertiary/aromatic N) is 1. The quantitative estimate of drug-likeness (QED) is 0.276. The van der Waals surface area contributed by atoms with Gasteiger partial charge in [0.2, 0.25) is 0 Å². The second kappa shape index (κ2) is 7.70. The molecule has 0 heterocycles. The molecule has 0 aromatic heterocycles. The third kappa shape index (κ3) is 4.38. The van der Waals surface area contributed by atoms with E-state index in [1.807, 2.05) is 30.3 Å². The average Bonchev–Trinajstić information content (AvgIpc) is 2.59. The van der Waals surface area contributed by atoms with Gasteiger partial charge < -0.3 is 4.74 Å². The first-order chi connectivity index (χ1) is 11.1. The smallest absolute Gasteiger partial charge is 0.337 e. The second-order valence-corrected chi connectivity index (χ2v) is 4.65. The number of carbonyl (C=O) groups is 1. The van der Waals surface area contributed by atoms with Crippen LogP contribution in [-0.2, 0) is 9.53 Å². The van der Waals surface area contributed by atoms with E-state index in [0.717, 1.165) is 5.56 Å². The molecule has 0 fully saturated rings. The molecule has 0 radical (unpaired) electrons. The van der Waals surface area contributed by atoms with Crippen LogP contribution in [-0.4, -0.2) is 18.0 Å². The minimum absolute atomic E-state index is 0.0207. The highest BCUT2D eigenvalue weighted by molar-refractivity contribution is 5.97. The van der Waals surface area contributed by atoms with Crippen LogP contribution in [0.1, 0.15) is 11.1 Å². The molecule has 5 heteroatoms. The summed E-state index contributed by atoms with van der Waals surface area (Å²) in [4.78, 5) is 22.4. The Hall–Kier alpha value is -3.21. The summed E-state index contributed by atoms with van der Waals surface area (Å²) >= 11 is 0. The van der Waals surface area contributed by atoms with E-state index >= 15 is 0 Å². The Morgan fingerprint density at radius 1 is 1.09 bits per heavy atom. The maximum Gasteiger partial charge on any atom is 0.337 e. The number of para-hydroxylation sites is 1. The topological polar surface area (TPSA) is 69.4 Å². The molecule has 0 saturated heterocycles. The molecule has 0 atom stereocenters. The molecule has 0 amide bonds. The van der Waals surface area contributed by atoms with Gasteiger partial charge in [-0.15, -0.1) is 0 Å². The molecular formula is C18H15NO4. The Morgan fingerprint density at radius 2 is 1.74 bits per heavy atom. The SMILES string of the molecule is COC(=O)C(/C=C/c1ccccc1[N+](=O)[O-])=C/c1ccccc1. The van der Waals surface area contributed by atoms with E-state index < -0.39 is 10.9 Å². The minimum Gasteiger partial charge on any atom is -0.465 e. The third-order valence-corrected chi connectivity index (χ3v) is 3.12. The summed E-state index contributed by atoms with van der Waals surface area (Å²) in [5.74, 6) is -0.510. The van der Waals surface area contributed by atoms with Crippen molar-refractivity contribution in [1.29, 1.82) is 0 Å². The molecule has 0 saturated carbocycles. The predicted molar refractivity (Wildman–Crippen MR) is 88.6 cm³/mol. The van der Waals surface area contributed by atoms with Crippen molar-refractivity contribution in [3.8, 4) is 0 Å². The van der Waals surface area contributed by atoms with Crippen molar-refractivity contribution in [2.24, 2.45) is 0 Å². The van der Waals surface area contributed by atoms with Gasteiger partial charge in [0, 0.05) is 6.07 Å². The summed E-state index contributed by atoms with van der Waals surface area (Å²) < 4.78 is 4.76. The zero-order chi connectivity index (χ0) is 16.7. The number of hydrogen-bond donors (Lipinski definition) is 0. The lowest BCUT2D eigenvalue weighted by Gasteiger charge is -2.01. The summed E-state index contributed by atoms with van der Waals surface area (Å²) in [6.07, 6.45) is 4.71. The molecule has 0 bridgehead atoms. The molecule has 2 aromatic rings. The van der Waals surface area contributed by atoms with Crippen molar-refractivity contribution < 1.29 is 14.5 Å². The average molecular weight is 309 g/mol. The maximum atomic E-state index is 11.9. The van der Waals surface area contributed by atoms with Crippen molar-refractivity contribution in [3.05, 3.63) is 87.5 Å². The maximum absolute atomic E-state index is 11.9. The van der Waals surface area contributed by atoms with Crippen molar-refractivity contribution in [1.82, 2.24) is 0 Å². The van der Waals surface area contributed by atoms with Crippen LogP contribution in [0.4, 0.5) is 5.69 Å². The fourth-order valence-electron chi connectivity index (χ4n) is 2.00. The number of methoxy groups -OCH3 is 1. The number of rotatable bonds is 5. The largest absolute Gasteiger partial charge is 0.465 e. The lowest BCUT2D eigenvalue weighted by atomic mass is 10.1. The Morgan fingerprint density at radius 3 is 2.39 bits per heavy atom. The van der Waals surface area contributed by atoms with Crippen LogP contribution in [0.2, 0.25) is 0 Å². The number of hydrogen-bond acceptors (Lipinski definition) is 4. The van der Waals surface area contributed by atoms with Gasteiger partial charge in [-0.1, -0.05) is 42.5 Å². The summed E-state index contributed by atoms with van der Waals surface area (Å²) in [6.45, 7) is 0. The molecule has 0 N–H and O–H groups in total.